The standard InChI is InChI=1S/C8H9F5N2/c1-5-6(2-3-15(5)4-14)7(9,10)8(11,12)13/h5-6H,2-3H2,1H3/t5-,6?/m1/s1. The van der Waals surface area contributed by atoms with Crippen molar-refractivity contribution in [3.05, 3.63) is 0 Å². The van der Waals surface area contributed by atoms with Gasteiger partial charge < -0.3 is 4.90 Å². The highest BCUT2D eigenvalue weighted by molar-refractivity contribution is 4.99. The van der Waals surface area contributed by atoms with E-state index >= 15 is 0 Å². The Kier molecular flexibility index (Phi) is 2.81. The minimum absolute atomic E-state index is 0.0476. The van der Waals surface area contributed by atoms with E-state index in [-0.39, 0.29) is 13.0 Å². The Balaban J connectivity index is 2.88. The van der Waals surface area contributed by atoms with Crippen molar-refractivity contribution in [3.63, 3.8) is 0 Å². The smallest absolute Gasteiger partial charge is 0.307 e. The van der Waals surface area contributed by atoms with Crippen LogP contribution in [0.3, 0.4) is 0 Å². The maximum absolute atomic E-state index is 12.9. The second kappa shape index (κ2) is 3.51. The van der Waals surface area contributed by atoms with Crippen molar-refractivity contribution in [2.75, 3.05) is 6.54 Å². The van der Waals surface area contributed by atoms with Gasteiger partial charge in [-0.2, -0.15) is 27.2 Å². The van der Waals surface area contributed by atoms with Crippen molar-refractivity contribution < 1.29 is 22.0 Å². The van der Waals surface area contributed by atoms with Gasteiger partial charge in [0.2, 0.25) is 0 Å². The lowest BCUT2D eigenvalue weighted by atomic mass is 9.93. The summed E-state index contributed by atoms with van der Waals surface area (Å²) >= 11 is 0. The van der Waals surface area contributed by atoms with Gasteiger partial charge in [0.05, 0.1) is 5.92 Å². The van der Waals surface area contributed by atoms with Gasteiger partial charge in [-0.1, -0.05) is 0 Å². The lowest BCUT2D eigenvalue weighted by Gasteiger charge is -2.29. The Labute approximate surface area is 83.3 Å². The number of hydrogen-bond acceptors (Lipinski definition) is 2. The topological polar surface area (TPSA) is 27.0 Å². The predicted octanol–water partition coefficient (Wildman–Crippen LogP) is 2.38. The molecule has 1 rings (SSSR count). The molecule has 0 radical (unpaired) electrons. The number of hydrogen-bond donors (Lipinski definition) is 0. The van der Waals surface area contributed by atoms with Gasteiger partial charge in [-0.25, -0.2) is 0 Å². The molecule has 2 nitrogen and oxygen atoms in total. The van der Waals surface area contributed by atoms with Crippen LogP contribution in [0.15, 0.2) is 0 Å². The third-order valence-corrected chi connectivity index (χ3v) is 2.73. The Morgan fingerprint density at radius 3 is 2.13 bits per heavy atom. The first kappa shape index (κ1) is 12.0. The Morgan fingerprint density at radius 1 is 1.27 bits per heavy atom. The molecule has 0 spiro atoms. The molecular formula is C8H9F5N2. The predicted molar refractivity (Wildman–Crippen MR) is 40.9 cm³/mol. The molecule has 1 aliphatic heterocycles. The lowest BCUT2D eigenvalue weighted by molar-refractivity contribution is -0.303. The van der Waals surface area contributed by atoms with Crippen LogP contribution in [0.5, 0.6) is 0 Å². The fourth-order valence-corrected chi connectivity index (χ4v) is 1.78. The fourth-order valence-electron chi connectivity index (χ4n) is 1.78. The van der Waals surface area contributed by atoms with Crippen LogP contribution < -0.4 is 0 Å². The summed E-state index contributed by atoms with van der Waals surface area (Å²) in [6.07, 6.45) is -4.26. The highest BCUT2D eigenvalue weighted by Gasteiger charge is 2.64. The number of rotatable bonds is 1. The van der Waals surface area contributed by atoms with Crippen molar-refractivity contribution in [1.82, 2.24) is 4.90 Å². The van der Waals surface area contributed by atoms with E-state index in [0.29, 0.717) is 0 Å². The van der Waals surface area contributed by atoms with Crippen molar-refractivity contribution in [1.29, 1.82) is 5.26 Å². The highest BCUT2D eigenvalue weighted by atomic mass is 19.4. The average molecular weight is 228 g/mol. The summed E-state index contributed by atoms with van der Waals surface area (Å²) in [4.78, 5) is 0.949. The first-order valence-electron chi connectivity index (χ1n) is 4.32. The zero-order chi connectivity index (χ0) is 11.9. The second-order valence-electron chi connectivity index (χ2n) is 3.55. The molecule has 2 atom stereocenters. The van der Waals surface area contributed by atoms with Crippen LogP contribution in [0.4, 0.5) is 22.0 Å². The molecule has 0 saturated carbocycles. The van der Waals surface area contributed by atoms with Gasteiger partial charge in [0.15, 0.2) is 6.19 Å². The average Bonchev–Trinajstić information content (AvgIpc) is 2.44. The largest absolute Gasteiger partial charge is 0.453 e. The minimum atomic E-state index is -5.54. The molecule has 1 unspecified atom stereocenters. The number of alkyl halides is 5. The molecule has 0 aromatic rings. The summed E-state index contributed by atoms with van der Waals surface area (Å²) in [5, 5.41) is 8.47. The van der Waals surface area contributed by atoms with Crippen molar-refractivity contribution in [3.8, 4) is 6.19 Å². The van der Waals surface area contributed by atoms with Gasteiger partial charge in [-0.15, -0.1) is 0 Å². The van der Waals surface area contributed by atoms with Gasteiger partial charge in [0, 0.05) is 12.6 Å². The Bertz CT molecular complexity index is 280. The van der Waals surface area contributed by atoms with Crippen LogP contribution in [0.1, 0.15) is 13.3 Å². The molecule has 0 aliphatic carbocycles. The van der Waals surface area contributed by atoms with Crippen LogP contribution in [-0.2, 0) is 0 Å². The zero-order valence-electron chi connectivity index (χ0n) is 7.85. The third kappa shape index (κ3) is 1.85. The molecule has 1 fully saturated rings. The summed E-state index contributed by atoms with van der Waals surface area (Å²) in [5.74, 6) is -6.56. The number of likely N-dealkylation sites (tertiary alicyclic amines) is 1. The molecule has 7 heteroatoms. The molecule has 0 aromatic heterocycles. The molecule has 0 bridgehead atoms. The van der Waals surface area contributed by atoms with E-state index in [1.54, 1.807) is 6.19 Å². The van der Waals surface area contributed by atoms with E-state index in [4.69, 9.17) is 5.26 Å². The molecular weight excluding hydrogens is 219 g/mol. The van der Waals surface area contributed by atoms with Crippen LogP contribution in [0.2, 0.25) is 0 Å². The van der Waals surface area contributed by atoms with E-state index in [9.17, 15) is 22.0 Å². The van der Waals surface area contributed by atoms with Crippen LogP contribution >= 0.6 is 0 Å². The van der Waals surface area contributed by atoms with E-state index in [2.05, 4.69) is 0 Å². The fraction of sp³-hybridized carbons (Fsp3) is 0.875. The lowest BCUT2D eigenvalue weighted by Crippen LogP contribution is -2.47. The maximum Gasteiger partial charge on any atom is 0.453 e. The molecule has 0 aromatic carbocycles. The van der Waals surface area contributed by atoms with E-state index in [1.165, 1.54) is 6.92 Å². The van der Waals surface area contributed by atoms with Gasteiger partial charge >= 0.3 is 12.1 Å². The Morgan fingerprint density at radius 2 is 1.80 bits per heavy atom. The van der Waals surface area contributed by atoms with Crippen molar-refractivity contribution >= 4 is 0 Å². The number of nitrogens with zero attached hydrogens (tertiary/aromatic N) is 2. The van der Waals surface area contributed by atoms with E-state index < -0.39 is 24.1 Å². The summed E-state index contributed by atoms with van der Waals surface area (Å²) in [7, 11) is 0. The van der Waals surface area contributed by atoms with Gasteiger partial charge in [0.25, 0.3) is 0 Å². The van der Waals surface area contributed by atoms with Crippen molar-refractivity contribution in [2.24, 2.45) is 5.92 Å². The first-order chi connectivity index (χ1) is 6.71. The molecule has 1 aliphatic rings. The Hall–Kier alpha value is -1.06. The van der Waals surface area contributed by atoms with Gasteiger partial charge in [-0.3, -0.25) is 0 Å². The highest BCUT2D eigenvalue weighted by Crippen LogP contribution is 2.46. The number of halogens is 5. The summed E-state index contributed by atoms with van der Waals surface area (Å²) < 4.78 is 62.0. The molecule has 1 saturated heterocycles. The van der Waals surface area contributed by atoms with Crippen LogP contribution in [0, 0.1) is 17.4 Å². The van der Waals surface area contributed by atoms with E-state index in [1.807, 2.05) is 0 Å². The minimum Gasteiger partial charge on any atom is -0.307 e. The molecule has 0 amide bonds. The summed E-state index contributed by atoms with van der Waals surface area (Å²) in [5.41, 5.74) is 0. The van der Waals surface area contributed by atoms with Gasteiger partial charge in [0.1, 0.15) is 0 Å². The van der Waals surface area contributed by atoms with Crippen LogP contribution in [0.25, 0.3) is 0 Å². The molecule has 1 heterocycles. The first-order valence-corrected chi connectivity index (χ1v) is 4.32. The maximum atomic E-state index is 12.9. The molecule has 15 heavy (non-hydrogen) atoms. The second-order valence-corrected chi connectivity index (χ2v) is 3.55. The number of nitriles is 1. The summed E-state index contributed by atoms with van der Waals surface area (Å²) in [6.45, 7) is 1.16. The normalized spacial score (nSPS) is 27.9. The SMILES string of the molecule is C[C@@H]1C(C(F)(F)C(F)(F)F)CCN1C#N. The third-order valence-electron chi connectivity index (χ3n) is 2.73. The van der Waals surface area contributed by atoms with Crippen LogP contribution in [-0.4, -0.2) is 29.6 Å². The molecule has 86 valence electrons. The monoisotopic (exact) mass is 228 g/mol. The molecule has 0 N–H and O–H groups in total. The quantitative estimate of drug-likeness (QED) is 0.509. The zero-order valence-corrected chi connectivity index (χ0v) is 7.85. The van der Waals surface area contributed by atoms with Gasteiger partial charge in [-0.05, 0) is 13.3 Å². The van der Waals surface area contributed by atoms with Crippen molar-refractivity contribution in [2.45, 2.75) is 31.5 Å². The van der Waals surface area contributed by atoms with E-state index in [0.717, 1.165) is 4.90 Å². The summed E-state index contributed by atoms with van der Waals surface area (Å²) in [6, 6.07) is -1.08.